The summed E-state index contributed by atoms with van der Waals surface area (Å²) in [4.78, 5) is 11.8. The molecular weight excluding hydrogens is 264 g/mol. The summed E-state index contributed by atoms with van der Waals surface area (Å²) >= 11 is 0. The average molecular weight is 284 g/mol. The first-order chi connectivity index (χ1) is 10.1. The summed E-state index contributed by atoms with van der Waals surface area (Å²) in [5, 5.41) is 2.83. The number of hydrogen-bond acceptors (Lipinski definition) is 3. The fourth-order valence-electron chi connectivity index (χ4n) is 2.05. The molecule has 4 heteroatoms. The van der Waals surface area contributed by atoms with Crippen LogP contribution in [0.4, 0.5) is 5.69 Å². The van der Waals surface area contributed by atoms with Gasteiger partial charge in [-0.15, -0.1) is 0 Å². The number of aryl methyl sites for hydroxylation is 1. The maximum absolute atomic E-state index is 11.8. The lowest BCUT2D eigenvalue weighted by Crippen LogP contribution is -2.28. The second-order valence-corrected chi connectivity index (χ2v) is 4.98. The van der Waals surface area contributed by atoms with Crippen molar-refractivity contribution in [2.45, 2.75) is 20.4 Å². The minimum absolute atomic E-state index is 0.0159. The van der Waals surface area contributed by atoms with Crippen LogP contribution in [0.1, 0.15) is 16.7 Å². The number of nitrogens with two attached hydrogens (primary N) is 1. The Labute approximate surface area is 124 Å². The summed E-state index contributed by atoms with van der Waals surface area (Å²) in [6.07, 6.45) is 0. The molecule has 0 aliphatic heterocycles. The number of hydrogen-bond donors (Lipinski definition) is 2. The van der Waals surface area contributed by atoms with Crippen LogP contribution in [0.15, 0.2) is 42.5 Å². The van der Waals surface area contributed by atoms with Gasteiger partial charge in [0.1, 0.15) is 5.75 Å². The second-order valence-electron chi connectivity index (χ2n) is 4.98. The van der Waals surface area contributed by atoms with E-state index >= 15 is 0 Å². The van der Waals surface area contributed by atoms with Gasteiger partial charge in [-0.2, -0.15) is 0 Å². The lowest BCUT2D eigenvalue weighted by atomic mass is 10.1. The topological polar surface area (TPSA) is 64.3 Å². The van der Waals surface area contributed by atoms with Crippen molar-refractivity contribution in [3.05, 3.63) is 59.2 Å². The third-order valence-corrected chi connectivity index (χ3v) is 3.32. The predicted octanol–water partition coefficient (Wildman–Crippen LogP) is 2.58. The van der Waals surface area contributed by atoms with Crippen LogP contribution in [0, 0.1) is 13.8 Å². The van der Waals surface area contributed by atoms with Crippen LogP contribution < -0.4 is 15.8 Å². The maximum atomic E-state index is 11.8. The Hall–Kier alpha value is -2.49. The predicted molar refractivity (Wildman–Crippen MR) is 84.1 cm³/mol. The van der Waals surface area contributed by atoms with E-state index in [2.05, 4.69) is 5.32 Å². The van der Waals surface area contributed by atoms with Gasteiger partial charge in [-0.1, -0.05) is 36.4 Å². The zero-order valence-electron chi connectivity index (χ0n) is 12.3. The Bertz CT molecular complexity index is 624. The molecule has 2 aromatic rings. The molecule has 0 bridgehead atoms. The molecule has 0 aliphatic carbocycles. The van der Waals surface area contributed by atoms with E-state index in [1.807, 2.05) is 56.3 Å². The van der Waals surface area contributed by atoms with Gasteiger partial charge in [0, 0.05) is 17.8 Å². The molecule has 3 N–H and O–H groups in total. The lowest BCUT2D eigenvalue weighted by molar-refractivity contribution is -0.123. The van der Waals surface area contributed by atoms with Crippen LogP contribution in [0.3, 0.4) is 0 Å². The van der Waals surface area contributed by atoms with Gasteiger partial charge in [-0.25, -0.2) is 0 Å². The number of carbonyl (C=O) groups is 1. The van der Waals surface area contributed by atoms with E-state index in [1.165, 1.54) is 0 Å². The van der Waals surface area contributed by atoms with Gasteiger partial charge in [0.25, 0.3) is 5.91 Å². The third kappa shape index (κ3) is 3.99. The number of anilines is 1. The van der Waals surface area contributed by atoms with Crippen LogP contribution in [-0.2, 0) is 11.3 Å². The Kier molecular flexibility index (Phi) is 4.82. The SMILES string of the molecule is Cc1ccc(N)c(C)c1OCC(=O)NCc1ccccc1. The Balaban J connectivity index is 1.89. The van der Waals surface area contributed by atoms with Crippen LogP contribution in [0.25, 0.3) is 0 Å². The quantitative estimate of drug-likeness (QED) is 0.829. The van der Waals surface area contributed by atoms with E-state index in [4.69, 9.17) is 10.5 Å². The van der Waals surface area contributed by atoms with E-state index in [1.54, 1.807) is 0 Å². The molecular formula is C17H20N2O2. The molecule has 4 nitrogen and oxygen atoms in total. The molecule has 0 radical (unpaired) electrons. The number of nitrogen functional groups attached to an aromatic ring is 1. The van der Waals surface area contributed by atoms with Gasteiger partial charge >= 0.3 is 0 Å². The fourth-order valence-corrected chi connectivity index (χ4v) is 2.05. The fraction of sp³-hybridized carbons (Fsp3) is 0.235. The van der Waals surface area contributed by atoms with Gasteiger partial charge in [-0.05, 0) is 31.0 Å². The van der Waals surface area contributed by atoms with E-state index < -0.39 is 0 Å². The molecule has 0 saturated heterocycles. The summed E-state index contributed by atoms with van der Waals surface area (Å²) in [5.74, 6) is 0.532. The first kappa shape index (κ1) is 14.9. The van der Waals surface area contributed by atoms with Gasteiger partial charge in [0.2, 0.25) is 0 Å². The highest BCUT2D eigenvalue weighted by atomic mass is 16.5. The largest absolute Gasteiger partial charge is 0.483 e. The molecule has 21 heavy (non-hydrogen) atoms. The highest BCUT2D eigenvalue weighted by Gasteiger charge is 2.09. The summed E-state index contributed by atoms with van der Waals surface area (Å²) in [5.41, 5.74) is 9.41. The standard InChI is InChI=1S/C17H20N2O2/c1-12-8-9-15(18)13(2)17(12)21-11-16(20)19-10-14-6-4-3-5-7-14/h3-9H,10-11,18H2,1-2H3,(H,19,20). The zero-order chi connectivity index (χ0) is 15.2. The number of rotatable bonds is 5. The Morgan fingerprint density at radius 1 is 1.14 bits per heavy atom. The van der Waals surface area contributed by atoms with Crippen molar-refractivity contribution in [2.24, 2.45) is 0 Å². The molecule has 110 valence electrons. The van der Waals surface area contributed by atoms with Crippen molar-refractivity contribution in [3.8, 4) is 5.75 Å². The molecule has 0 fully saturated rings. The van der Waals surface area contributed by atoms with E-state index in [0.29, 0.717) is 18.0 Å². The van der Waals surface area contributed by atoms with E-state index in [0.717, 1.165) is 16.7 Å². The Morgan fingerprint density at radius 2 is 1.86 bits per heavy atom. The normalized spacial score (nSPS) is 10.2. The first-order valence-corrected chi connectivity index (χ1v) is 6.87. The van der Waals surface area contributed by atoms with Gasteiger partial charge in [0.15, 0.2) is 6.61 Å². The molecule has 0 aliphatic rings. The number of nitrogens with one attached hydrogen (secondary N) is 1. The molecule has 0 saturated carbocycles. The average Bonchev–Trinajstić information content (AvgIpc) is 2.50. The van der Waals surface area contributed by atoms with Crippen molar-refractivity contribution in [2.75, 3.05) is 12.3 Å². The number of amides is 1. The smallest absolute Gasteiger partial charge is 0.258 e. The van der Waals surface area contributed by atoms with E-state index in [-0.39, 0.29) is 12.5 Å². The van der Waals surface area contributed by atoms with E-state index in [9.17, 15) is 4.79 Å². The van der Waals surface area contributed by atoms with Gasteiger partial charge in [0.05, 0.1) is 0 Å². The summed E-state index contributed by atoms with van der Waals surface area (Å²) in [7, 11) is 0. The number of carbonyl (C=O) groups excluding carboxylic acids is 1. The van der Waals surface area contributed by atoms with Gasteiger partial charge in [-0.3, -0.25) is 4.79 Å². The van der Waals surface area contributed by atoms with Crippen molar-refractivity contribution >= 4 is 11.6 Å². The molecule has 0 unspecified atom stereocenters. The van der Waals surface area contributed by atoms with Crippen molar-refractivity contribution < 1.29 is 9.53 Å². The van der Waals surface area contributed by atoms with Crippen molar-refractivity contribution in [1.29, 1.82) is 0 Å². The molecule has 0 spiro atoms. The molecule has 0 aromatic heterocycles. The van der Waals surface area contributed by atoms with Crippen molar-refractivity contribution in [3.63, 3.8) is 0 Å². The van der Waals surface area contributed by atoms with Crippen LogP contribution >= 0.6 is 0 Å². The monoisotopic (exact) mass is 284 g/mol. The maximum Gasteiger partial charge on any atom is 0.258 e. The molecule has 0 atom stereocenters. The molecule has 1 amide bonds. The lowest BCUT2D eigenvalue weighted by Gasteiger charge is -2.13. The van der Waals surface area contributed by atoms with Crippen LogP contribution in [0.5, 0.6) is 5.75 Å². The molecule has 0 heterocycles. The number of benzene rings is 2. The first-order valence-electron chi connectivity index (χ1n) is 6.87. The number of ether oxygens (including phenoxy) is 1. The van der Waals surface area contributed by atoms with Gasteiger partial charge < -0.3 is 15.8 Å². The van der Waals surface area contributed by atoms with Crippen LogP contribution in [-0.4, -0.2) is 12.5 Å². The third-order valence-electron chi connectivity index (χ3n) is 3.32. The minimum Gasteiger partial charge on any atom is -0.483 e. The van der Waals surface area contributed by atoms with Crippen molar-refractivity contribution in [1.82, 2.24) is 5.32 Å². The highest BCUT2D eigenvalue weighted by Crippen LogP contribution is 2.27. The Morgan fingerprint density at radius 3 is 2.57 bits per heavy atom. The molecule has 2 aromatic carbocycles. The summed E-state index contributed by atoms with van der Waals surface area (Å²) in [6.45, 7) is 4.30. The van der Waals surface area contributed by atoms with Crippen LogP contribution in [0.2, 0.25) is 0 Å². The summed E-state index contributed by atoms with van der Waals surface area (Å²) < 4.78 is 5.61. The minimum atomic E-state index is -0.153. The zero-order valence-corrected chi connectivity index (χ0v) is 12.3. The second kappa shape index (κ2) is 6.79. The highest BCUT2D eigenvalue weighted by molar-refractivity contribution is 5.77. The summed E-state index contributed by atoms with van der Waals surface area (Å²) in [6, 6.07) is 13.5. The molecule has 2 rings (SSSR count).